The van der Waals surface area contributed by atoms with Gasteiger partial charge in [-0.15, -0.1) is 11.3 Å². The first-order valence-electron chi connectivity index (χ1n) is 10.3. The number of methoxy groups -OCH3 is 1. The van der Waals surface area contributed by atoms with Gasteiger partial charge in [0, 0.05) is 28.5 Å². The fourth-order valence-corrected chi connectivity index (χ4v) is 5.69. The summed E-state index contributed by atoms with van der Waals surface area (Å²) in [5.41, 5.74) is 2.58. The van der Waals surface area contributed by atoms with Crippen molar-refractivity contribution in [3.8, 4) is 5.75 Å². The van der Waals surface area contributed by atoms with Crippen LogP contribution in [-0.4, -0.2) is 27.9 Å². The van der Waals surface area contributed by atoms with Gasteiger partial charge >= 0.3 is 0 Å². The van der Waals surface area contributed by atoms with Gasteiger partial charge in [0.15, 0.2) is 5.16 Å². The maximum atomic E-state index is 13.6. The second-order valence-corrected chi connectivity index (χ2v) is 9.47. The molecule has 2 aromatic carbocycles. The summed E-state index contributed by atoms with van der Waals surface area (Å²) in [4.78, 5) is 34.8. The van der Waals surface area contributed by atoms with Crippen LogP contribution in [0.1, 0.15) is 21.5 Å². The molecular weight excluding hydrogens is 473 g/mol. The number of hydrogen-bond donors (Lipinski definition) is 0. The Bertz CT molecular complexity index is 1580. The molecule has 34 heavy (non-hydrogen) atoms. The van der Waals surface area contributed by atoms with E-state index in [0.717, 1.165) is 27.6 Å². The number of ether oxygens (including phenoxy) is 1. The van der Waals surface area contributed by atoms with E-state index >= 15 is 0 Å². The number of thiophene rings is 1. The standard InChI is InChI=1S/C25H18FN3O3S2/c1-32-20-9-6-16(13-30)11-17(20)14-33-25-28-21-19-3-2-10-27-23(19)34-22(21)24(31)29(25)12-15-4-7-18(26)8-5-15/h2-11,13H,12,14H2,1H3. The summed E-state index contributed by atoms with van der Waals surface area (Å²) in [7, 11) is 1.57. The van der Waals surface area contributed by atoms with E-state index < -0.39 is 0 Å². The van der Waals surface area contributed by atoms with Gasteiger partial charge in [0.2, 0.25) is 0 Å². The van der Waals surface area contributed by atoms with Gasteiger partial charge in [-0.3, -0.25) is 14.2 Å². The van der Waals surface area contributed by atoms with Crippen LogP contribution in [0.2, 0.25) is 0 Å². The Morgan fingerprint density at radius 3 is 2.76 bits per heavy atom. The average molecular weight is 492 g/mol. The number of benzene rings is 2. The van der Waals surface area contributed by atoms with Crippen LogP contribution in [0.4, 0.5) is 4.39 Å². The number of hydrogen-bond acceptors (Lipinski definition) is 7. The Balaban J connectivity index is 1.62. The van der Waals surface area contributed by atoms with E-state index in [1.54, 1.807) is 48.2 Å². The monoisotopic (exact) mass is 491 g/mol. The molecule has 0 spiro atoms. The van der Waals surface area contributed by atoms with Gasteiger partial charge in [-0.25, -0.2) is 14.4 Å². The van der Waals surface area contributed by atoms with Crippen LogP contribution < -0.4 is 10.3 Å². The Morgan fingerprint density at radius 2 is 2.00 bits per heavy atom. The van der Waals surface area contributed by atoms with Crippen molar-refractivity contribution >= 4 is 49.8 Å². The number of carbonyl (C=O) groups is 1. The predicted molar refractivity (Wildman–Crippen MR) is 133 cm³/mol. The minimum absolute atomic E-state index is 0.173. The Kier molecular flexibility index (Phi) is 6.12. The summed E-state index contributed by atoms with van der Waals surface area (Å²) in [5.74, 6) is 0.751. The SMILES string of the molecule is COc1ccc(C=O)cc1CSc1nc2c(sc3ncccc32)c(=O)n1Cc1ccc(F)cc1. The average Bonchev–Trinajstić information content (AvgIpc) is 3.24. The topological polar surface area (TPSA) is 74.1 Å². The quantitative estimate of drug-likeness (QED) is 0.175. The molecule has 5 aromatic rings. The molecular formula is C25H18FN3O3S2. The molecule has 0 unspecified atom stereocenters. The Labute approximate surface area is 202 Å². The summed E-state index contributed by atoms with van der Waals surface area (Å²) in [6.45, 7) is 0.248. The van der Waals surface area contributed by atoms with E-state index in [9.17, 15) is 14.0 Å². The van der Waals surface area contributed by atoms with Gasteiger partial charge in [-0.05, 0) is 48.0 Å². The highest BCUT2D eigenvalue weighted by Crippen LogP contribution is 2.33. The van der Waals surface area contributed by atoms with Gasteiger partial charge in [0.1, 0.15) is 27.4 Å². The van der Waals surface area contributed by atoms with E-state index in [4.69, 9.17) is 9.72 Å². The minimum atomic E-state index is -0.336. The summed E-state index contributed by atoms with van der Waals surface area (Å²) < 4.78 is 21.0. The molecule has 0 bridgehead atoms. The molecule has 0 aliphatic rings. The lowest BCUT2D eigenvalue weighted by molar-refractivity contribution is 0.112. The molecule has 0 amide bonds. The lowest BCUT2D eigenvalue weighted by atomic mass is 10.1. The van der Waals surface area contributed by atoms with Crippen LogP contribution in [0, 0.1) is 5.82 Å². The third kappa shape index (κ3) is 4.20. The van der Waals surface area contributed by atoms with Gasteiger partial charge < -0.3 is 4.74 Å². The van der Waals surface area contributed by atoms with Gasteiger partial charge in [-0.2, -0.15) is 0 Å². The first-order valence-corrected chi connectivity index (χ1v) is 12.1. The number of halogens is 1. The zero-order valence-electron chi connectivity index (χ0n) is 18.0. The van der Waals surface area contributed by atoms with Gasteiger partial charge in [0.05, 0.1) is 19.2 Å². The molecule has 3 heterocycles. The summed E-state index contributed by atoms with van der Waals surface area (Å²) in [6, 6.07) is 15.0. The molecule has 170 valence electrons. The highest BCUT2D eigenvalue weighted by atomic mass is 32.2. The first-order chi connectivity index (χ1) is 16.6. The molecule has 6 nitrogen and oxygen atoms in total. The van der Waals surface area contributed by atoms with Crippen LogP contribution in [-0.2, 0) is 12.3 Å². The van der Waals surface area contributed by atoms with E-state index in [-0.39, 0.29) is 17.9 Å². The number of pyridine rings is 1. The van der Waals surface area contributed by atoms with Crippen molar-refractivity contribution in [2.45, 2.75) is 17.5 Å². The highest BCUT2D eigenvalue weighted by molar-refractivity contribution is 7.98. The number of rotatable bonds is 7. The van der Waals surface area contributed by atoms with E-state index in [1.807, 2.05) is 12.1 Å². The van der Waals surface area contributed by atoms with Crippen molar-refractivity contribution in [3.05, 3.63) is 93.7 Å². The Morgan fingerprint density at radius 1 is 1.18 bits per heavy atom. The molecule has 0 saturated heterocycles. The molecule has 0 N–H and O–H groups in total. The third-order valence-corrected chi connectivity index (χ3v) is 7.49. The summed E-state index contributed by atoms with van der Waals surface area (Å²) >= 11 is 2.69. The third-order valence-electron chi connectivity index (χ3n) is 5.37. The number of aromatic nitrogens is 3. The predicted octanol–water partition coefficient (Wildman–Crippen LogP) is 5.31. The fraction of sp³-hybridized carbons (Fsp3) is 0.120. The van der Waals surface area contributed by atoms with Crippen molar-refractivity contribution in [2.24, 2.45) is 0 Å². The maximum Gasteiger partial charge on any atom is 0.272 e. The van der Waals surface area contributed by atoms with E-state index in [2.05, 4.69) is 4.98 Å². The van der Waals surface area contributed by atoms with E-state index in [0.29, 0.717) is 32.4 Å². The molecule has 0 fully saturated rings. The normalized spacial score (nSPS) is 11.2. The first kappa shape index (κ1) is 22.2. The molecule has 9 heteroatoms. The fourth-order valence-electron chi connectivity index (χ4n) is 3.69. The van der Waals surface area contributed by atoms with Crippen molar-refractivity contribution < 1.29 is 13.9 Å². The van der Waals surface area contributed by atoms with Gasteiger partial charge in [-0.1, -0.05) is 23.9 Å². The molecule has 0 aliphatic carbocycles. The maximum absolute atomic E-state index is 13.6. The van der Waals surface area contributed by atoms with Crippen molar-refractivity contribution in [3.63, 3.8) is 0 Å². The number of carbonyl (C=O) groups excluding carboxylic acids is 1. The van der Waals surface area contributed by atoms with Crippen molar-refractivity contribution in [1.29, 1.82) is 0 Å². The second-order valence-electron chi connectivity index (χ2n) is 7.53. The van der Waals surface area contributed by atoms with Crippen molar-refractivity contribution in [1.82, 2.24) is 14.5 Å². The number of nitrogens with zero attached hydrogens (tertiary/aromatic N) is 3. The van der Waals surface area contributed by atoms with Crippen LogP contribution >= 0.6 is 23.1 Å². The molecule has 0 aliphatic heterocycles. The minimum Gasteiger partial charge on any atom is -0.496 e. The molecule has 5 rings (SSSR count). The number of aldehydes is 1. The molecule has 0 radical (unpaired) electrons. The second kappa shape index (κ2) is 9.36. The number of fused-ring (bicyclic) bond motifs is 3. The largest absolute Gasteiger partial charge is 0.496 e. The van der Waals surface area contributed by atoms with E-state index in [1.165, 1.54) is 35.2 Å². The smallest absolute Gasteiger partial charge is 0.272 e. The lowest BCUT2D eigenvalue weighted by Gasteiger charge is -2.13. The summed E-state index contributed by atoms with van der Waals surface area (Å²) in [6.07, 6.45) is 2.48. The Hall–Kier alpha value is -3.56. The molecule has 0 saturated carbocycles. The summed E-state index contributed by atoms with van der Waals surface area (Å²) in [5, 5.41) is 1.35. The molecule has 3 aromatic heterocycles. The zero-order valence-corrected chi connectivity index (χ0v) is 19.7. The van der Waals surface area contributed by atoms with Crippen molar-refractivity contribution in [2.75, 3.05) is 7.11 Å². The van der Waals surface area contributed by atoms with Crippen LogP contribution in [0.3, 0.4) is 0 Å². The van der Waals surface area contributed by atoms with Crippen LogP contribution in [0.25, 0.3) is 20.4 Å². The highest BCUT2D eigenvalue weighted by Gasteiger charge is 2.18. The van der Waals surface area contributed by atoms with Crippen LogP contribution in [0.5, 0.6) is 5.75 Å². The van der Waals surface area contributed by atoms with Gasteiger partial charge in [0.25, 0.3) is 5.56 Å². The lowest BCUT2D eigenvalue weighted by Crippen LogP contribution is -2.23. The number of thioether (sulfide) groups is 1. The van der Waals surface area contributed by atoms with Crippen LogP contribution in [0.15, 0.2) is 70.7 Å². The zero-order chi connectivity index (χ0) is 23.7. The molecule has 0 atom stereocenters.